The second kappa shape index (κ2) is 8.47. The lowest BCUT2D eigenvalue weighted by Crippen LogP contribution is -2.50. The van der Waals surface area contributed by atoms with Crippen molar-refractivity contribution in [3.05, 3.63) is 63.9 Å². The molecule has 1 fully saturated rings. The number of hydrogen-bond donors (Lipinski definition) is 1. The number of carbonyl (C=O) groups excluding carboxylic acids is 1. The quantitative estimate of drug-likeness (QED) is 0.406. The molecule has 0 aliphatic carbocycles. The number of nitro benzene ring substituents is 1. The monoisotopic (exact) mass is 435 g/mol. The van der Waals surface area contributed by atoms with Crippen molar-refractivity contribution in [3.8, 4) is 0 Å². The van der Waals surface area contributed by atoms with E-state index in [9.17, 15) is 28.1 Å². The van der Waals surface area contributed by atoms with E-state index in [0.717, 1.165) is 16.4 Å². The third-order valence-corrected chi connectivity index (χ3v) is 6.21. The minimum absolute atomic E-state index is 0.0157. The standard InChI is InChI=1S/C18H17N3O8S/c22-16(6-4-13-2-1-3-14(12-13)21(25)26)19-8-10-20(11-9-19)30(27,28)17-7-5-15(29-17)18(23)24/h1-7,12H,8-11H2,(H,23,24)/b6-4+. The Morgan fingerprint density at radius 2 is 1.83 bits per heavy atom. The van der Waals surface area contributed by atoms with E-state index in [2.05, 4.69) is 0 Å². The smallest absolute Gasteiger partial charge is 0.371 e. The molecule has 158 valence electrons. The zero-order chi connectivity index (χ0) is 21.9. The van der Waals surface area contributed by atoms with Gasteiger partial charge in [-0.25, -0.2) is 13.2 Å². The van der Waals surface area contributed by atoms with Crippen LogP contribution >= 0.6 is 0 Å². The molecule has 1 amide bonds. The van der Waals surface area contributed by atoms with E-state index in [1.807, 2.05) is 0 Å². The van der Waals surface area contributed by atoms with Crippen LogP contribution in [0.1, 0.15) is 16.1 Å². The zero-order valence-corrected chi connectivity index (χ0v) is 16.3. The van der Waals surface area contributed by atoms with Crippen molar-refractivity contribution in [1.29, 1.82) is 0 Å². The summed E-state index contributed by atoms with van der Waals surface area (Å²) in [4.78, 5) is 34.9. The van der Waals surface area contributed by atoms with Crippen LogP contribution in [0.4, 0.5) is 5.69 Å². The Hall–Kier alpha value is -3.51. The van der Waals surface area contributed by atoms with E-state index in [4.69, 9.17) is 9.52 Å². The summed E-state index contributed by atoms with van der Waals surface area (Å²) in [5.74, 6) is -2.21. The molecular weight excluding hydrogens is 418 g/mol. The molecule has 1 aliphatic heterocycles. The predicted octanol–water partition coefficient (Wildman–Crippen LogP) is 1.43. The van der Waals surface area contributed by atoms with Gasteiger partial charge in [0.05, 0.1) is 4.92 Å². The molecule has 1 aromatic carbocycles. The molecule has 1 saturated heterocycles. The molecule has 0 radical (unpaired) electrons. The largest absolute Gasteiger partial charge is 0.475 e. The maximum Gasteiger partial charge on any atom is 0.371 e. The van der Waals surface area contributed by atoms with Crippen LogP contribution in [0, 0.1) is 10.1 Å². The third kappa shape index (κ3) is 4.55. The summed E-state index contributed by atoms with van der Waals surface area (Å²) >= 11 is 0. The molecule has 0 spiro atoms. The van der Waals surface area contributed by atoms with Crippen molar-refractivity contribution in [1.82, 2.24) is 9.21 Å². The fourth-order valence-electron chi connectivity index (χ4n) is 2.86. The topological polar surface area (TPSA) is 151 Å². The van der Waals surface area contributed by atoms with Gasteiger partial charge in [0.15, 0.2) is 0 Å². The van der Waals surface area contributed by atoms with E-state index in [1.165, 1.54) is 35.3 Å². The summed E-state index contributed by atoms with van der Waals surface area (Å²) in [6.45, 7) is 0.289. The molecule has 2 heterocycles. The lowest BCUT2D eigenvalue weighted by atomic mass is 10.2. The SMILES string of the molecule is O=C(O)c1ccc(S(=O)(=O)N2CCN(C(=O)/C=C/c3cccc([N+](=O)[O-])c3)CC2)o1. The number of furan rings is 1. The van der Waals surface area contributed by atoms with Gasteiger partial charge in [-0.05, 0) is 23.8 Å². The van der Waals surface area contributed by atoms with Crippen molar-refractivity contribution in [3.63, 3.8) is 0 Å². The first-order valence-electron chi connectivity index (χ1n) is 8.73. The highest BCUT2D eigenvalue weighted by molar-refractivity contribution is 7.89. The Labute approximate surface area is 171 Å². The number of aromatic carboxylic acids is 1. The van der Waals surface area contributed by atoms with E-state index >= 15 is 0 Å². The van der Waals surface area contributed by atoms with Crippen LogP contribution in [-0.4, -0.2) is 65.7 Å². The van der Waals surface area contributed by atoms with Crippen molar-refractivity contribution in [2.45, 2.75) is 5.09 Å². The first kappa shape index (κ1) is 21.2. The maximum absolute atomic E-state index is 12.6. The fourth-order valence-corrected chi connectivity index (χ4v) is 4.20. The van der Waals surface area contributed by atoms with Crippen LogP contribution < -0.4 is 0 Å². The molecule has 11 nitrogen and oxygen atoms in total. The van der Waals surface area contributed by atoms with Gasteiger partial charge in [0, 0.05) is 44.4 Å². The zero-order valence-electron chi connectivity index (χ0n) is 15.5. The van der Waals surface area contributed by atoms with E-state index in [0.29, 0.717) is 5.56 Å². The predicted molar refractivity (Wildman–Crippen MR) is 103 cm³/mol. The first-order valence-corrected chi connectivity index (χ1v) is 10.2. The van der Waals surface area contributed by atoms with Crippen molar-refractivity contribution < 1.29 is 32.5 Å². The molecule has 30 heavy (non-hydrogen) atoms. The maximum atomic E-state index is 12.6. The first-order chi connectivity index (χ1) is 14.2. The summed E-state index contributed by atoms with van der Waals surface area (Å²) in [6.07, 6.45) is 2.73. The van der Waals surface area contributed by atoms with Gasteiger partial charge >= 0.3 is 5.97 Å². The highest BCUT2D eigenvalue weighted by Crippen LogP contribution is 2.21. The van der Waals surface area contributed by atoms with Crippen LogP contribution in [0.25, 0.3) is 6.08 Å². The van der Waals surface area contributed by atoms with Gasteiger partial charge in [-0.1, -0.05) is 12.1 Å². The summed E-state index contributed by atoms with van der Waals surface area (Å²) in [5.41, 5.74) is 0.401. The number of benzene rings is 1. The number of nitrogens with zero attached hydrogens (tertiary/aromatic N) is 3. The number of nitro groups is 1. The number of piperazine rings is 1. The molecule has 1 N–H and O–H groups in total. The summed E-state index contributed by atoms with van der Waals surface area (Å²) < 4.78 is 31.1. The summed E-state index contributed by atoms with van der Waals surface area (Å²) in [6, 6.07) is 7.96. The molecule has 1 aromatic heterocycles. The highest BCUT2D eigenvalue weighted by atomic mass is 32.2. The van der Waals surface area contributed by atoms with Gasteiger partial charge in [0.1, 0.15) is 0 Å². The van der Waals surface area contributed by atoms with Gasteiger partial charge in [0.2, 0.25) is 16.8 Å². The molecule has 1 aliphatic rings. The van der Waals surface area contributed by atoms with Crippen molar-refractivity contribution in [2.24, 2.45) is 0 Å². The average Bonchev–Trinajstić information content (AvgIpc) is 3.24. The summed E-state index contributed by atoms with van der Waals surface area (Å²) in [7, 11) is -4.01. The van der Waals surface area contributed by atoms with E-state index in [-0.39, 0.29) is 37.8 Å². The number of carbonyl (C=O) groups is 2. The van der Waals surface area contributed by atoms with Gasteiger partial charge in [-0.2, -0.15) is 4.31 Å². The fraction of sp³-hybridized carbons (Fsp3) is 0.222. The Balaban J connectivity index is 1.62. The molecule has 12 heteroatoms. The highest BCUT2D eigenvalue weighted by Gasteiger charge is 2.32. The van der Waals surface area contributed by atoms with Gasteiger partial charge in [-0.3, -0.25) is 14.9 Å². The van der Waals surface area contributed by atoms with Crippen molar-refractivity contribution >= 4 is 33.7 Å². The third-order valence-electron chi connectivity index (χ3n) is 4.44. The minimum Gasteiger partial charge on any atom is -0.475 e. The number of rotatable bonds is 6. The number of non-ortho nitro benzene ring substituents is 1. The lowest BCUT2D eigenvalue weighted by Gasteiger charge is -2.32. The number of carboxylic acids is 1. The van der Waals surface area contributed by atoms with Crippen molar-refractivity contribution in [2.75, 3.05) is 26.2 Å². The Kier molecular flexibility index (Phi) is 5.99. The normalized spacial score (nSPS) is 15.4. The minimum atomic E-state index is -4.01. The average molecular weight is 435 g/mol. The number of carboxylic acid groups (broad SMARTS) is 1. The summed E-state index contributed by atoms with van der Waals surface area (Å²) in [5, 5.41) is 19.2. The van der Waals surface area contributed by atoms with Gasteiger partial charge < -0.3 is 14.4 Å². The van der Waals surface area contributed by atoms with Crippen LogP contribution in [0.5, 0.6) is 0 Å². The molecule has 0 saturated carbocycles. The molecule has 3 rings (SSSR count). The molecule has 0 unspecified atom stereocenters. The van der Waals surface area contributed by atoms with Crippen LogP contribution in [0.3, 0.4) is 0 Å². The Morgan fingerprint density at radius 1 is 1.13 bits per heavy atom. The number of amides is 1. The van der Waals surface area contributed by atoms with Gasteiger partial charge in [0.25, 0.3) is 15.7 Å². The number of hydrogen-bond acceptors (Lipinski definition) is 7. The van der Waals surface area contributed by atoms with Gasteiger partial charge in [-0.15, -0.1) is 0 Å². The van der Waals surface area contributed by atoms with E-state index < -0.39 is 31.8 Å². The van der Waals surface area contributed by atoms with E-state index in [1.54, 1.807) is 6.07 Å². The van der Waals surface area contributed by atoms with Crippen LogP contribution in [-0.2, 0) is 14.8 Å². The lowest BCUT2D eigenvalue weighted by molar-refractivity contribution is -0.384. The van der Waals surface area contributed by atoms with Crippen LogP contribution in [0.15, 0.2) is 52.0 Å². The molecule has 0 bridgehead atoms. The van der Waals surface area contributed by atoms with Crippen LogP contribution in [0.2, 0.25) is 0 Å². The molecule has 0 atom stereocenters. The Bertz CT molecular complexity index is 1110. The Morgan fingerprint density at radius 3 is 2.43 bits per heavy atom. The second-order valence-electron chi connectivity index (χ2n) is 6.34. The number of sulfonamides is 1. The molecule has 2 aromatic rings. The molecular formula is C18H17N3O8S. The second-order valence-corrected chi connectivity index (χ2v) is 8.21.